The van der Waals surface area contributed by atoms with Crippen molar-refractivity contribution in [2.45, 2.75) is 25.3 Å². The fourth-order valence-electron chi connectivity index (χ4n) is 2.64. The number of hydrogen-bond acceptors (Lipinski definition) is 2. The molecule has 0 aliphatic heterocycles. The van der Waals surface area contributed by atoms with Crippen LogP contribution in [0, 0.1) is 0 Å². The highest BCUT2D eigenvalue weighted by Gasteiger charge is 2.23. The van der Waals surface area contributed by atoms with Crippen LogP contribution in [-0.4, -0.2) is 9.78 Å². The minimum absolute atomic E-state index is 0.301. The number of fused-ring (bicyclic) bond motifs is 1. The minimum Gasteiger partial charge on any atom is -0.378 e. The van der Waals surface area contributed by atoms with Crippen LogP contribution < -0.4 is 5.32 Å². The molecule has 1 aliphatic rings. The summed E-state index contributed by atoms with van der Waals surface area (Å²) in [6, 6.07) is 5.95. The Morgan fingerprint density at radius 2 is 2.16 bits per heavy atom. The van der Waals surface area contributed by atoms with E-state index in [-0.39, 0.29) is 0 Å². The summed E-state index contributed by atoms with van der Waals surface area (Å²) in [6.07, 6.45) is 5.35. The number of nitrogens with zero attached hydrogens (tertiary/aromatic N) is 2. The predicted octanol–water partition coefficient (Wildman–Crippen LogP) is 4.22. The maximum atomic E-state index is 6.05. The van der Waals surface area contributed by atoms with Gasteiger partial charge in [-0.3, -0.25) is 4.68 Å². The smallest absolute Gasteiger partial charge is 0.0612 e. The van der Waals surface area contributed by atoms with E-state index in [1.807, 2.05) is 36.1 Å². The van der Waals surface area contributed by atoms with Gasteiger partial charge < -0.3 is 5.32 Å². The molecule has 0 spiro atoms. The molecule has 1 aromatic carbocycles. The zero-order valence-corrected chi connectivity index (χ0v) is 12.2. The van der Waals surface area contributed by atoms with E-state index in [1.54, 1.807) is 0 Å². The van der Waals surface area contributed by atoms with Gasteiger partial charge in [-0.1, -0.05) is 23.2 Å². The Bertz CT molecular complexity index is 607. The monoisotopic (exact) mass is 295 g/mol. The van der Waals surface area contributed by atoms with Gasteiger partial charge in [0.25, 0.3) is 0 Å². The summed E-state index contributed by atoms with van der Waals surface area (Å²) in [5.41, 5.74) is 3.61. The van der Waals surface area contributed by atoms with Crippen LogP contribution in [0.4, 0.5) is 5.69 Å². The summed E-state index contributed by atoms with van der Waals surface area (Å²) >= 11 is 12.0. The summed E-state index contributed by atoms with van der Waals surface area (Å²) in [6.45, 7) is 0. The van der Waals surface area contributed by atoms with Gasteiger partial charge in [0.15, 0.2) is 0 Å². The highest BCUT2D eigenvalue weighted by atomic mass is 35.5. The molecule has 19 heavy (non-hydrogen) atoms. The van der Waals surface area contributed by atoms with Crippen LogP contribution in [0.2, 0.25) is 10.0 Å². The predicted molar refractivity (Wildman–Crippen MR) is 79.0 cm³/mol. The maximum Gasteiger partial charge on any atom is 0.0612 e. The van der Waals surface area contributed by atoms with Crippen molar-refractivity contribution in [2.24, 2.45) is 7.05 Å². The number of hydrogen-bond donors (Lipinski definition) is 1. The van der Waals surface area contributed by atoms with E-state index in [1.165, 1.54) is 17.7 Å². The molecule has 0 amide bonds. The normalized spacial score (nSPS) is 18.2. The second-order valence-electron chi connectivity index (χ2n) is 4.89. The first-order valence-electron chi connectivity index (χ1n) is 6.37. The minimum atomic E-state index is 0.301. The average Bonchev–Trinajstić information content (AvgIpc) is 2.77. The fourth-order valence-corrected chi connectivity index (χ4v) is 2.94. The van der Waals surface area contributed by atoms with E-state index in [0.717, 1.165) is 18.5 Å². The van der Waals surface area contributed by atoms with Gasteiger partial charge in [-0.2, -0.15) is 5.10 Å². The Balaban J connectivity index is 1.86. The van der Waals surface area contributed by atoms with Gasteiger partial charge in [0.05, 0.1) is 22.3 Å². The molecular weight excluding hydrogens is 281 g/mol. The summed E-state index contributed by atoms with van der Waals surface area (Å²) in [5.74, 6) is 0. The standard InChI is InChI=1S/C14H15Cl2N3/c1-19-14-4-2-3-13(10(14)8-17-19)18-9-5-6-11(15)12(16)7-9/h5-8,13,18H,2-4H2,1H3. The van der Waals surface area contributed by atoms with E-state index < -0.39 is 0 Å². The van der Waals surface area contributed by atoms with Crippen LogP contribution in [-0.2, 0) is 13.5 Å². The number of rotatable bonds is 2. The van der Waals surface area contributed by atoms with E-state index in [9.17, 15) is 0 Å². The van der Waals surface area contributed by atoms with Gasteiger partial charge in [0.1, 0.15) is 0 Å². The Labute approximate surface area is 122 Å². The molecule has 100 valence electrons. The number of halogens is 2. The Morgan fingerprint density at radius 3 is 2.95 bits per heavy atom. The van der Waals surface area contributed by atoms with Crippen LogP contribution in [0.15, 0.2) is 24.4 Å². The first-order valence-corrected chi connectivity index (χ1v) is 7.13. The molecule has 0 saturated carbocycles. The third-order valence-corrected chi connectivity index (χ3v) is 4.38. The first kappa shape index (κ1) is 12.8. The topological polar surface area (TPSA) is 29.9 Å². The van der Waals surface area contributed by atoms with Crippen LogP contribution in [0.25, 0.3) is 0 Å². The number of aromatic nitrogens is 2. The summed E-state index contributed by atoms with van der Waals surface area (Å²) < 4.78 is 1.97. The van der Waals surface area contributed by atoms with Crippen LogP contribution in [0.5, 0.6) is 0 Å². The Morgan fingerprint density at radius 1 is 1.32 bits per heavy atom. The molecule has 3 nitrogen and oxygen atoms in total. The quantitative estimate of drug-likeness (QED) is 0.899. The van der Waals surface area contributed by atoms with Gasteiger partial charge in [-0.05, 0) is 37.5 Å². The summed E-state index contributed by atoms with van der Waals surface area (Å²) in [7, 11) is 2.00. The van der Waals surface area contributed by atoms with Crippen molar-refractivity contribution < 1.29 is 0 Å². The van der Waals surface area contributed by atoms with E-state index >= 15 is 0 Å². The molecule has 1 heterocycles. The highest BCUT2D eigenvalue weighted by Crippen LogP contribution is 2.33. The summed E-state index contributed by atoms with van der Waals surface area (Å²) in [4.78, 5) is 0. The zero-order valence-electron chi connectivity index (χ0n) is 10.7. The molecule has 1 aromatic heterocycles. The number of benzene rings is 1. The molecule has 2 aromatic rings. The SMILES string of the molecule is Cn1ncc2c1CCCC2Nc1ccc(Cl)c(Cl)c1. The van der Waals surface area contributed by atoms with Crippen molar-refractivity contribution in [3.05, 3.63) is 45.7 Å². The van der Waals surface area contributed by atoms with Crippen LogP contribution in [0.3, 0.4) is 0 Å². The molecule has 3 rings (SSSR count). The first-order chi connectivity index (χ1) is 9.15. The third-order valence-electron chi connectivity index (χ3n) is 3.64. The lowest BCUT2D eigenvalue weighted by Crippen LogP contribution is -2.17. The van der Waals surface area contributed by atoms with E-state index in [2.05, 4.69) is 10.4 Å². The molecular formula is C14H15Cl2N3. The molecule has 1 unspecified atom stereocenters. The molecule has 1 atom stereocenters. The van der Waals surface area contributed by atoms with Crippen molar-refractivity contribution in [2.75, 3.05) is 5.32 Å². The highest BCUT2D eigenvalue weighted by molar-refractivity contribution is 6.42. The van der Waals surface area contributed by atoms with Crippen LogP contribution >= 0.6 is 23.2 Å². The second kappa shape index (κ2) is 5.06. The van der Waals surface area contributed by atoms with Crippen molar-refractivity contribution in [3.8, 4) is 0 Å². The number of aryl methyl sites for hydroxylation is 1. The van der Waals surface area contributed by atoms with E-state index in [0.29, 0.717) is 16.1 Å². The average molecular weight is 296 g/mol. The van der Waals surface area contributed by atoms with Crippen molar-refractivity contribution in [3.63, 3.8) is 0 Å². The van der Waals surface area contributed by atoms with Crippen molar-refractivity contribution in [1.29, 1.82) is 0 Å². The molecule has 1 aliphatic carbocycles. The lowest BCUT2D eigenvalue weighted by Gasteiger charge is -2.25. The zero-order chi connectivity index (χ0) is 13.4. The lowest BCUT2D eigenvalue weighted by molar-refractivity contribution is 0.571. The molecule has 5 heteroatoms. The van der Waals surface area contributed by atoms with Crippen molar-refractivity contribution in [1.82, 2.24) is 9.78 Å². The molecule has 0 saturated heterocycles. The summed E-state index contributed by atoms with van der Waals surface area (Å²) in [5, 5.41) is 9.03. The molecule has 1 N–H and O–H groups in total. The lowest BCUT2D eigenvalue weighted by atomic mass is 9.93. The van der Waals surface area contributed by atoms with Gasteiger partial charge in [-0.15, -0.1) is 0 Å². The Hall–Kier alpha value is -1.19. The number of anilines is 1. The van der Waals surface area contributed by atoms with Gasteiger partial charge in [-0.25, -0.2) is 0 Å². The van der Waals surface area contributed by atoms with Gasteiger partial charge >= 0.3 is 0 Å². The van der Waals surface area contributed by atoms with Crippen LogP contribution in [0.1, 0.15) is 30.1 Å². The molecule has 0 radical (unpaired) electrons. The molecule has 0 bridgehead atoms. The third kappa shape index (κ3) is 2.45. The van der Waals surface area contributed by atoms with Gasteiger partial charge in [0.2, 0.25) is 0 Å². The van der Waals surface area contributed by atoms with Gasteiger partial charge in [0, 0.05) is 24.0 Å². The molecule has 0 fully saturated rings. The number of nitrogens with one attached hydrogen (secondary N) is 1. The van der Waals surface area contributed by atoms with Crippen molar-refractivity contribution >= 4 is 28.9 Å². The Kier molecular flexibility index (Phi) is 3.42. The van der Waals surface area contributed by atoms with E-state index in [4.69, 9.17) is 23.2 Å². The maximum absolute atomic E-state index is 6.05. The largest absolute Gasteiger partial charge is 0.378 e. The second-order valence-corrected chi connectivity index (χ2v) is 5.70. The fraction of sp³-hybridized carbons (Fsp3) is 0.357.